The van der Waals surface area contributed by atoms with E-state index in [1.54, 1.807) is 10.7 Å². The Bertz CT molecular complexity index is 960. The number of hydrogen-bond donors (Lipinski definition) is 0. The third kappa shape index (κ3) is 3.82. The van der Waals surface area contributed by atoms with Gasteiger partial charge < -0.3 is 9.64 Å². The molecule has 0 saturated carbocycles. The van der Waals surface area contributed by atoms with Gasteiger partial charge in [-0.2, -0.15) is 4.98 Å². The molecular weight excluding hydrogens is 356 g/mol. The van der Waals surface area contributed by atoms with Gasteiger partial charge in [0.05, 0.1) is 6.61 Å². The molecule has 146 valence electrons. The zero-order chi connectivity index (χ0) is 19.5. The van der Waals surface area contributed by atoms with Crippen LogP contribution in [0, 0.1) is 6.92 Å². The van der Waals surface area contributed by atoms with Crippen molar-refractivity contribution < 1.29 is 9.53 Å². The van der Waals surface area contributed by atoms with E-state index in [1.807, 2.05) is 36.9 Å². The first kappa shape index (κ1) is 18.4. The van der Waals surface area contributed by atoms with Gasteiger partial charge in [-0.3, -0.25) is 9.69 Å². The first-order chi connectivity index (χ1) is 13.6. The van der Waals surface area contributed by atoms with Gasteiger partial charge in [0, 0.05) is 44.6 Å². The lowest BCUT2D eigenvalue weighted by Crippen LogP contribution is -2.48. The Morgan fingerprint density at radius 2 is 1.86 bits per heavy atom. The van der Waals surface area contributed by atoms with Gasteiger partial charge >= 0.3 is 0 Å². The van der Waals surface area contributed by atoms with Crippen LogP contribution < -0.4 is 4.74 Å². The molecule has 0 bridgehead atoms. The van der Waals surface area contributed by atoms with Gasteiger partial charge in [0.15, 0.2) is 0 Å². The van der Waals surface area contributed by atoms with Crippen LogP contribution >= 0.6 is 0 Å². The lowest BCUT2D eigenvalue weighted by Gasteiger charge is -2.34. The smallest absolute Gasteiger partial charge is 0.293 e. The second-order valence-electron chi connectivity index (χ2n) is 6.88. The minimum Gasteiger partial charge on any atom is -0.494 e. The van der Waals surface area contributed by atoms with E-state index in [9.17, 15) is 4.79 Å². The van der Waals surface area contributed by atoms with Crippen LogP contribution in [0.5, 0.6) is 5.75 Å². The molecule has 3 aromatic rings. The number of carbonyl (C=O) groups is 1. The number of benzene rings is 1. The number of aromatic nitrogens is 4. The summed E-state index contributed by atoms with van der Waals surface area (Å²) in [6.07, 6.45) is 1.67. The van der Waals surface area contributed by atoms with E-state index in [1.165, 1.54) is 5.56 Å². The minimum atomic E-state index is -0.134. The molecule has 0 unspecified atom stereocenters. The minimum absolute atomic E-state index is 0.134. The standard InChI is InChI=1S/C20H24N6O2/c1-3-28-17-6-4-16(5-7-17)14-24-10-12-25(13-11-24)19(27)18-22-20-21-9-8-15(2)26(20)23-18/h4-9H,3,10-14H2,1-2H3. The largest absolute Gasteiger partial charge is 0.494 e. The first-order valence-corrected chi connectivity index (χ1v) is 9.56. The first-order valence-electron chi connectivity index (χ1n) is 9.56. The van der Waals surface area contributed by atoms with Crippen LogP contribution in [-0.2, 0) is 6.54 Å². The highest BCUT2D eigenvalue weighted by molar-refractivity contribution is 5.91. The van der Waals surface area contributed by atoms with Gasteiger partial charge in [-0.15, -0.1) is 5.10 Å². The second kappa shape index (κ2) is 7.93. The summed E-state index contributed by atoms with van der Waals surface area (Å²) < 4.78 is 7.09. The number of ether oxygens (including phenoxy) is 1. The van der Waals surface area contributed by atoms with E-state index in [0.717, 1.165) is 31.1 Å². The Balaban J connectivity index is 1.35. The van der Waals surface area contributed by atoms with Crippen molar-refractivity contribution >= 4 is 11.7 Å². The molecule has 0 aliphatic carbocycles. The molecule has 1 aliphatic heterocycles. The molecule has 1 fully saturated rings. The highest BCUT2D eigenvalue weighted by atomic mass is 16.5. The summed E-state index contributed by atoms with van der Waals surface area (Å²) in [6, 6.07) is 10.0. The Kier molecular flexibility index (Phi) is 5.21. The third-order valence-corrected chi connectivity index (χ3v) is 4.92. The second-order valence-corrected chi connectivity index (χ2v) is 6.88. The van der Waals surface area contributed by atoms with Gasteiger partial charge in [0.25, 0.3) is 11.7 Å². The predicted molar refractivity (Wildman–Crippen MR) is 104 cm³/mol. The molecule has 8 heteroatoms. The number of piperazine rings is 1. The van der Waals surface area contributed by atoms with Crippen LogP contribution in [0.25, 0.3) is 5.78 Å². The molecule has 28 heavy (non-hydrogen) atoms. The summed E-state index contributed by atoms with van der Waals surface area (Å²) in [5.41, 5.74) is 2.14. The zero-order valence-corrected chi connectivity index (χ0v) is 16.2. The van der Waals surface area contributed by atoms with Gasteiger partial charge in [-0.05, 0) is 37.6 Å². The van der Waals surface area contributed by atoms with Gasteiger partial charge in [-0.1, -0.05) is 12.1 Å². The molecule has 4 rings (SSSR count). The third-order valence-electron chi connectivity index (χ3n) is 4.92. The maximum Gasteiger partial charge on any atom is 0.293 e. The number of nitrogens with zero attached hydrogens (tertiary/aromatic N) is 6. The Hall–Kier alpha value is -3.00. The van der Waals surface area contributed by atoms with Crippen molar-refractivity contribution in [2.24, 2.45) is 0 Å². The maximum absolute atomic E-state index is 12.8. The van der Waals surface area contributed by atoms with Crippen molar-refractivity contribution in [2.45, 2.75) is 20.4 Å². The van der Waals surface area contributed by atoms with Crippen molar-refractivity contribution in [1.29, 1.82) is 0 Å². The summed E-state index contributed by atoms with van der Waals surface area (Å²) in [4.78, 5) is 25.4. The van der Waals surface area contributed by atoms with Crippen LogP contribution in [0.1, 0.15) is 28.8 Å². The highest BCUT2D eigenvalue weighted by Crippen LogP contribution is 2.15. The van der Waals surface area contributed by atoms with Gasteiger partial charge in [0.1, 0.15) is 5.75 Å². The Labute approximate surface area is 163 Å². The average molecular weight is 380 g/mol. The van der Waals surface area contributed by atoms with Crippen molar-refractivity contribution in [3.8, 4) is 5.75 Å². The lowest BCUT2D eigenvalue weighted by atomic mass is 10.2. The van der Waals surface area contributed by atoms with Crippen LogP contribution in [0.15, 0.2) is 36.5 Å². The van der Waals surface area contributed by atoms with Crippen LogP contribution in [0.3, 0.4) is 0 Å². The summed E-state index contributed by atoms with van der Waals surface area (Å²) in [6.45, 7) is 8.41. The SMILES string of the molecule is CCOc1ccc(CN2CCN(C(=O)c3nc4nccc(C)n4n3)CC2)cc1. The van der Waals surface area contributed by atoms with E-state index >= 15 is 0 Å². The molecule has 2 aromatic heterocycles. The van der Waals surface area contributed by atoms with Crippen LogP contribution in [-0.4, -0.2) is 68.1 Å². The molecule has 1 amide bonds. The van der Waals surface area contributed by atoms with Crippen LogP contribution in [0.4, 0.5) is 0 Å². The topological polar surface area (TPSA) is 75.9 Å². The molecular formula is C20H24N6O2. The number of rotatable bonds is 5. The van der Waals surface area contributed by atoms with Crippen molar-refractivity contribution in [3.63, 3.8) is 0 Å². The molecule has 0 atom stereocenters. The monoisotopic (exact) mass is 380 g/mol. The van der Waals surface area contributed by atoms with Gasteiger partial charge in [-0.25, -0.2) is 9.50 Å². The average Bonchev–Trinajstić information content (AvgIpc) is 3.16. The molecule has 0 spiro atoms. The molecule has 3 heterocycles. The summed E-state index contributed by atoms with van der Waals surface area (Å²) >= 11 is 0. The maximum atomic E-state index is 12.8. The molecule has 0 N–H and O–H groups in total. The van der Waals surface area contributed by atoms with Crippen molar-refractivity contribution in [1.82, 2.24) is 29.4 Å². The quantitative estimate of drug-likeness (QED) is 0.672. The zero-order valence-electron chi connectivity index (χ0n) is 16.2. The lowest BCUT2D eigenvalue weighted by molar-refractivity contribution is 0.0616. The number of fused-ring (bicyclic) bond motifs is 1. The number of carbonyl (C=O) groups excluding carboxylic acids is 1. The molecule has 1 aromatic carbocycles. The number of aryl methyl sites for hydroxylation is 1. The number of hydrogen-bond acceptors (Lipinski definition) is 6. The number of amides is 1. The predicted octanol–water partition coefficient (Wildman–Crippen LogP) is 1.79. The fraction of sp³-hybridized carbons (Fsp3) is 0.400. The van der Waals surface area contributed by atoms with Crippen molar-refractivity contribution in [2.75, 3.05) is 32.8 Å². The normalized spacial score (nSPS) is 15.1. The molecule has 0 radical (unpaired) electrons. The van der Waals surface area contributed by atoms with E-state index < -0.39 is 0 Å². The molecule has 1 aliphatic rings. The van der Waals surface area contributed by atoms with E-state index in [0.29, 0.717) is 25.5 Å². The fourth-order valence-corrected chi connectivity index (χ4v) is 3.36. The summed E-state index contributed by atoms with van der Waals surface area (Å²) in [5.74, 6) is 1.43. The Morgan fingerprint density at radius 1 is 1.11 bits per heavy atom. The van der Waals surface area contributed by atoms with Gasteiger partial charge in [0.2, 0.25) is 5.82 Å². The summed E-state index contributed by atoms with van der Waals surface area (Å²) in [5, 5.41) is 4.32. The molecule has 1 saturated heterocycles. The molecule has 8 nitrogen and oxygen atoms in total. The van der Waals surface area contributed by atoms with Crippen molar-refractivity contribution in [3.05, 3.63) is 53.6 Å². The Morgan fingerprint density at radius 3 is 2.54 bits per heavy atom. The van der Waals surface area contributed by atoms with E-state index in [-0.39, 0.29) is 11.7 Å². The highest BCUT2D eigenvalue weighted by Gasteiger charge is 2.25. The van der Waals surface area contributed by atoms with Crippen LogP contribution in [0.2, 0.25) is 0 Å². The summed E-state index contributed by atoms with van der Waals surface area (Å²) in [7, 11) is 0. The fourth-order valence-electron chi connectivity index (χ4n) is 3.36. The van der Waals surface area contributed by atoms with E-state index in [2.05, 4.69) is 32.1 Å². The van der Waals surface area contributed by atoms with E-state index in [4.69, 9.17) is 4.74 Å².